The Balaban J connectivity index is 1.48. The van der Waals surface area contributed by atoms with E-state index in [4.69, 9.17) is 0 Å². The molecule has 1 saturated heterocycles. The Bertz CT molecular complexity index is 1290. The number of alkyl halides is 6. The van der Waals surface area contributed by atoms with Gasteiger partial charge in [-0.05, 0) is 36.8 Å². The van der Waals surface area contributed by atoms with E-state index in [-0.39, 0.29) is 6.54 Å². The molecule has 13 heteroatoms. The van der Waals surface area contributed by atoms with E-state index < -0.39 is 50.0 Å². The zero-order valence-corrected chi connectivity index (χ0v) is 18.3. The summed E-state index contributed by atoms with van der Waals surface area (Å²) in [7, 11) is 0. The van der Waals surface area contributed by atoms with Crippen molar-refractivity contribution in [3.63, 3.8) is 0 Å². The standard InChI is InChI=1S/C22H20F6N6O/c1-11-4-12(2-3-29-11)19-14-5-13-7-34(20(35)30-16(13)6-17(14)31-32-19)18-9-33(10-21(23,24)25)8-15(18)22(26,27)28/h2-6,15,18H,7-10H2,1H3,(H,30,35)(H,31,32). The molecule has 2 amide bonds. The SMILES string of the molecule is Cc1cc(-c2n[nH]c3cc4c(cc23)CN(C2CN(CC(F)(F)F)CC2C(F)(F)F)C(=O)N4)ccn1. The van der Waals surface area contributed by atoms with E-state index in [1.807, 2.05) is 13.0 Å². The highest BCUT2D eigenvalue weighted by Gasteiger charge is 2.54. The smallest absolute Gasteiger partial charge is 0.315 e. The van der Waals surface area contributed by atoms with Crippen molar-refractivity contribution in [3.8, 4) is 11.3 Å². The molecule has 1 aromatic carbocycles. The number of amides is 2. The molecule has 0 radical (unpaired) electrons. The zero-order valence-electron chi connectivity index (χ0n) is 18.3. The summed E-state index contributed by atoms with van der Waals surface area (Å²) < 4.78 is 79.9. The summed E-state index contributed by atoms with van der Waals surface area (Å²) in [4.78, 5) is 18.6. The summed E-state index contributed by atoms with van der Waals surface area (Å²) in [5.74, 6) is -2.09. The van der Waals surface area contributed by atoms with E-state index in [0.29, 0.717) is 32.7 Å². The average Bonchev–Trinajstić information content (AvgIpc) is 3.34. The van der Waals surface area contributed by atoms with Crippen LogP contribution < -0.4 is 5.32 Å². The Hall–Kier alpha value is -3.35. The number of rotatable bonds is 3. The lowest BCUT2D eigenvalue weighted by Gasteiger charge is -2.37. The summed E-state index contributed by atoms with van der Waals surface area (Å²) in [6, 6.07) is 4.76. The van der Waals surface area contributed by atoms with E-state index >= 15 is 0 Å². The van der Waals surface area contributed by atoms with E-state index in [9.17, 15) is 31.1 Å². The van der Waals surface area contributed by atoms with Crippen molar-refractivity contribution < 1.29 is 31.1 Å². The van der Waals surface area contributed by atoms with Crippen LogP contribution in [0.5, 0.6) is 0 Å². The number of nitrogens with zero attached hydrogens (tertiary/aromatic N) is 4. The highest BCUT2D eigenvalue weighted by molar-refractivity contribution is 6.00. The summed E-state index contributed by atoms with van der Waals surface area (Å²) >= 11 is 0. The molecule has 2 aromatic heterocycles. The van der Waals surface area contributed by atoms with Gasteiger partial charge in [0.1, 0.15) is 5.69 Å². The summed E-state index contributed by atoms with van der Waals surface area (Å²) in [6.45, 7) is -1.16. The van der Waals surface area contributed by atoms with Crippen LogP contribution in [-0.2, 0) is 6.54 Å². The number of anilines is 1. The van der Waals surface area contributed by atoms with Crippen LogP contribution in [0, 0.1) is 12.8 Å². The number of likely N-dealkylation sites (tertiary alicyclic amines) is 1. The number of carbonyl (C=O) groups is 1. The van der Waals surface area contributed by atoms with Crippen LogP contribution in [0.15, 0.2) is 30.5 Å². The molecule has 3 aromatic rings. The number of nitrogens with one attached hydrogen (secondary N) is 2. The monoisotopic (exact) mass is 498 g/mol. The zero-order chi connectivity index (χ0) is 25.1. The van der Waals surface area contributed by atoms with Crippen molar-refractivity contribution in [1.82, 2.24) is 25.0 Å². The number of fused-ring (bicyclic) bond motifs is 2. The van der Waals surface area contributed by atoms with Crippen molar-refractivity contribution in [2.45, 2.75) is 31.9 Å². The Morgan fingerprint density at radius 2 is 1.89 bits per heavy atom. The maximum absolute atomic E-state index is 13.8. The van der Waals surface area contributed by atoms with Crippen LogP contribution >= 0.6 is 0 Å². The number of benzene rings is 1. The fourth-order valence-corrected chi connectivity index (χ4v) is 4.87. The first-order chi connectivity index (χ1) is 16.4. The predicted octanol–water partition coefficient (Wildman–Crippen LogP) is 4.71. The van der Waals surface area contributed by atoms with Gasteiger partial charge in [-0.1, -0.05) is 0 Å². The third kappa shape index (κ3) is 4.51. The number of H-pyrrole nitrogens is 1. The molecule has 0 bridgehead atoms. The van der Waals surface area contributed by atoms with Gasteiger partial charge in [0.05, 0.1) is 24.0 Å². The highest BCUT2D eigenvalue weighted by Crippen LogP contribution is 2.40. The fourth-order valence-electron chi connectivity index (χ4n) is 4.87. The van der Waals surface area contributed by atoms with Gasteiger partial charge in [0.2, 0.25) is 0 Å². The van der Waals surface area contributed by atoms with Gasteiger partial charge in [-0.3, -0.25) is 15.0 Å². The normalized spacial score (nSPS) is 21.5. The van der Waals surface area contributed by atoms with Crippen LogP contribution in [0.25, 0.3) is 22.2 Å². The molecule has 2 aliphatic rings. The van der Waals surface area contributed by atoms with Crippen molar-refractivity contribution in [2.24, 2.45) is 5.92 Å². The maximum atomic E-state index is 13.8. The minimum absolute atomic E-state index is 0.172. The molecule has 2 aliphatic heterocycles. The van der Waals surface area contributed by atoms with Gasteiger partial charge in [-0.15, -0.1) is 0 Å². The quantitative estimate of drug-likeness (QED) is 0.513. The molecule has 7 nitrogen and oxygen atoms in total. The number of hydrogen-bond donors (Lipinski definition) is 2. The Morgan fingerprint density at radius 3 is 2.57 bits per heavy atom. The molecule has 186 valence electrons. The number of halogens is 6. The van der Waals surface area contributed by atoms with Crippen LogP contribution in [0.3, 0.4) is 0 Å². The van der Waals surface area contributed by atoms with Crippen LogP contribution in [-0.4, -0.2) is 69.0 Å². The van der Waals surface area contributed by atoms with Crippen LogP contribution in [0.1, 0.15) is 11.3 Å². The molecule has 35 heavy (non-hydrogen) atoms. The van der Waals surface area contributed by atoms with Crippen LogP contribution in [0.4, 0.5) is 36.8 Å². The van der Waals surface area contributed by atoms with E-state index in [2.05, 4.69) is 20.5 Å². The van der Waals surface area contributed by atoms with Gasteiger partial charge in [0.15, 0.2) is 0 Å². The fraction of sp³-hybridized carbons (Fsp3) is 0.409. The largest absolute Gasteiger partial charge is 0.401 e. The molecular weight excluding hydrogens is 478 g/mol. The molecule has 0 saturated carbocycles. The number of urea groups is 1. The van der Waals surface area contributed by atoms with Gasteiger partial charge < -0.3 is 10.2 Å². The van der Waals surface area contributed by atoms with Crippen molar-refractivity contribution >= 4 is 22.6 Å². The average molecular weight is 498 g/mol. The molecule has 0 aliphatic carbocycles. The molecule has 0 spiro atoms. The molecule has 2 N–H and O–H groups in total. The molecule has 2 atom stereocenters. The summed E-state index contributed by atoms with van der Waals surface area (Å²) in [5, 5.41) is 10.5. The minimum atomic E-state index is -4.76. The number of hydrogen-bond acceptors (Lipinski definition) is 4. The van der Waals surface area contributed by atoms with Crippen molar-refractivity contribution in [1.29, 1.82) is 0 Å². The summed E-state index contributed by atoms with van der Waals surface area (Å²) in [5.41, 5.74) is 3.75. The highest BCUT2D eigenvalue weighted by atomic mass is 19.4. The lowest BCUT2D eigenvalue weighted by molar-refractivity contribution is -0.183. The number of aryl methyl sites for hydroxylation is 1. The van der Waals surface area contributed by atoms with E-state index in [0.717, 1.165) is 16.2 Å². The lowest BCUT2D eigenvalue weighted by Crippen LogP contribution is -2.51. The second-order valence-electron chi connectivity index (χ2n) is 8.90. The molecule has 1 fully saturated rings. The minimum Gasteiger partial charge on any atom is -0.315 e. The van der Waals surface area contributed by atoms with Crippen molar-refractivity contribution in [3.05, 3.63) is 41.7 Å². The number of aromatic amines is 1. The van der Waals surface area contributed by atoms with E-state index in [1.165, 1.54) is 0 Å². The molecule has 2 unspecified atom stereocenters. The topological polar surface area (TPSA) is 77.2 Å². The lowest BCUT2D eigenvalue weighted by atomic mass is 9.98. The Kier molecular flexibility index (Phi) is 5.42. The van der Waals surface area contributed by atoms with E-state index in [1.54, 1.807) is 24.4 Å². The second-order valence-corrected chi connectivity index (χ2v) is 8.90. The first kappa shape index (κ1) is 23.4. The number of aromatic nitrogens is 3. The third-order valence-electron chi connectivity index (χ3n) is 6.39. The first-order valence-electron chi connectivity index (χ1n) is 10.8. The first-order valence-corrected chi connectivity index (χ1v) is 10.8. The summed E-state index contributed by atoms with van der Waals surface area (Å²) in [6.07, 6.45) is -7.77. The number of pyridine rings is 1. The van der Waals surface area contributed by atoms with Crippen LogP contribution in [0.2, 0.25) is 0 Å². The van der Waals surface area contributed by atoms with Gasteiger partial charge in [0, 0.05) is 48.2 Å². The van der Waals surface area contributed by atoms with Gasteiger partial charge in [0.25, 0.3) is 0 Å². The van der Waals surface area contributed by atoms with Crippen molar-refractivity contribution in [2.75, 3.05) is 25.0 Å². The molecule has 4 heterocycles. The maximum Gasteiger partial charge on any atom is 0.401 e. The van der Waals surface area contributed by atoms with Gasteiger partial charge in [-0.2, -0.15) is 31.4 Å². The van der Waals surface area contributed by atoms with Gasteiger partial charge in [-0.25, -0.2) is 4.79 Å². The third-order valence-corrected chi connectivity index (χ3v) is 6.39. The molecular formula is C22H20F6N6O. The number of carbonyl (C=O) groups excluding carboxylic acids is 1. The Labute approximate surface area is 195 Å². The second kappa shape index (κ2) is 8.11. The Morgan fingerprint density at radius 1 is 1.11 bits per heavy atom. The predicted molar refractivity (Wildman–Crippen MR) is 114 cm³/mol. The molecule has 5 rings (SSSR count). The van der Waals surface area contributed by atoms with Gasteiger partial charge >= 0.3 is 18.4 Å².